The average Bonchev–Trinajstić information content (AvgIpc) is 2.73. The molecule has 3 aromatic carbocycles. The van der Waals surface area contributed by atoms with Crippen molar-refractivity contribution in [3.63, 3.8) is 0 Å². The van der Waals surface area contributed by atoms with Crippen LogP contribution in [0.4, 0.5) is 5.69 Å². The Kier molecular flexibility index (Phi) is 7.61. The highest BCUT2D eigenvalue weighted by molar-refractivity contribution is 6.42. The molecule has 0 saturated heterocycles. The number of benzene rings is 3. The van der Waals surface area contributed by atoms with Crippen LogP contribution in [0, 0.1) is 13.8 Å². The van der Waals surface area contributed by atoms with Gasteiger partial charge in [-0.2, -0.15) is 5.10 Å². The SMILES string of the molecule is CCOc1cc(/C=N/Nc2ccc(C)c(C)c2)ccc1OCc1ccc(Cl)c(Cl)c1. The first-order chi connectivity index (χ1) is 14.5. The number of halogens is 2. The molecule has 0 radical (unpaired) electrons. The van der Waals surface area contributed by atoms with Crippen molar-refractivity contribution in [1.82, 2.24) is 0 Å². The number of hydrazone groups is 1. The van der Waals surface area contributed by atoms with Gasteiger partial charge in [0.2, 0.25) is 0 Å². The van der Waals surface area contributed by atoms with Gasteiger partial charge in [0, 0.05) is 0 Å². The van der Waals surface area contributed by atoms with Gasteiger partial charge >= 0.3 is 0 Å². The van der Waals surface area contributed by atoms with Gasteiger partial charge in [-0.1, -0.05) is 35.3 Å². The fourth-order valence-electron chi connectivity index (χ4n) is 2.78. The summed E-state index contributed by atoms with van der Waals surface area (Å²) in [7, 11) is 0. The summed E-state index contributed by atoms with van der Waals surface area (Å²) in [5, 5.41) is 5.35. The zero-order chi connectivity index (χ0) is 21.5. The topological polar surface area (TPSA) is 42.8 Å². The van der Waals surface area contributed by atoms with Crippen molar-refractivity contribution in [3.8, 4) is 11.5 Å². The Morgan fingerprint density at radius 3 is 2.43 bits per heavy atom. The Balaban J connectivity index is 1.68. The van der Waals surface area contributed by atoms with Gasteiger partial charge in [-0.25, -0.2) is 0 Å². The highest BCUT2D eigenvalue weighted by Crippen LogP contribution is 2.30. The number of aryl methyl sites for hydroxylation is 2. The maximum Gasteiger partial charge on any atom is 0.161 e. The van der Waals surface area contributed by atoms with E-state index < -0.39 is 0 Å². The standard InChI is InChI=1S/C24H24Cl2N2O2/c1-4-29-24-13-18(14-27-28-20-8-5-16(2)17(3)11-20)7-10-23(24)30-15-19-6-9-21(25)22(26)12-19/h5-14,28H,4,15H2,1-3H3/b27-14+. The number of hydrogen-bond donors (Lipinski definition) is 1. The predicted molar refractivity (Wildman–Crippen MR) is 126 cm³/mol. The van der Waals surface area contributed by atoms with Crippen LogP contribution in [0.15, 0.2) is 59.7 Å². The molecule has 0 aliphatic rings. The van der Waals surface area contributed by atoms with Gasteiger partial charge in [-0.15, -0.1) is 0 Å². The molecule has 0 aliphatic heterocycles. The van der Waals surface area contributed by atoms with Gasteiger partial charge in [0.15, 0.2) is 11.5 Å². The summed E-state index contributed by atoms with van der Waals surface area (Å²) in [6.07, 6.45) is 1.75. The van der Waals surface area contributed by atoms with Crippen molar-refractivity contribution in [3.05, 3.63) is 86.9 Å². The van der Waals surface area contributed by atoms with Gasteiger partial charge in [0.05, 0.1) is 28.6 Å². The molecule has 0 amide bonds. The van der Waals surface area contributed by atoms with Crippen LogP contribution in [0.5, 0.6) is 11.5 Å². The summed E-state index contributed by atoms with van der Waals surface area (Å²) in [6.45, 7) is 6.99. The second kappa shape index (κ2) is 10.4. The number of ether oxygens (including phenoxy) is 2. The van der Waals surface area contributed by atoms with Crippen molar-refractivity contribution >= 4 is 35.1 Å². The molecule has 3 rings (SSSR count). The summed E-state index contributed by atoms with van der Waals surface area (Å²) < 4.78 is 11.7. The molecule has 30 heavy (non-hydrogen) atoms. The molecule has 0 heterocycles. The number of anilines is 1. The number of hydrogen-bond acceptors (Lipinski definition) is 4. The first-order valence-electron chi connectivity index (χ1n) is 9.66. The lowest BCUT2D eigenvalue weighted by Gasteiger charge is -2.13. The van der Waals surface area contributed by atoms with Crippen LogP contribution in [0.2, 0.25) is 10.0 Å². The Morgan fingerprint density at radius 2 is 1.70 bits per heavy atom. The molecule has 156 valence electrons. The number of rotatable bonds is 8. The summed E-state index contributed by atoms with van der Waals surface area (Å²) in [5.41, 5.74) is 8.30. The molecule has 0 fully saturated rings. The second-order valence-corrected chi connectivity index (χ2v) is 7.66. The maximum absolute atomic E-state index is 6.07. The van der Waals surface area contributed by atoms with Crippen molar-refractivity contribution in [2.75, 3.05) is 12.0 Å². The fourth-order valence-corrected chi connectivity index (χ4v) is 3.10. The predicted octanol–water partition coefficient (Wildman–Crippen LogP) is 7.03. The first-order valence-corrected chi connectivity index (χ1v) is 10.4. The van der Waals surface area contributed by atoms with E-state index in [2.05, 4.69) is 36.5 Å². The lowest BCUT2D eigenvalue weighted by atomic mass is 10.1. The van der Waals surface area contributed by atoms with Crippen LogP contribution in [0.1, 0.15) is 29.2 Å². The van der Waals surface area contributed by atoms with E-state index in [0.717, 1.165) is 16.8 Å². The molecule has 3 aromatic rings. The van der Waals surface area contributed by atoms with Crippen LogP contribution in [-0.2, 0) is 6.61 Å². The summed E-state index contributed by atoms with van der Waals surface area (Å²) in [6, 6.07) is 17.3. The third-order valence-electron chi connectivity index (χ3n) is 4.56. The Bertz CT molecular complexity index is 1050. The van der Waals surface area contributed by atoms with E-state index in [1.165, 1.54) is 11.1 Å². The molecule has 4 nitrogen and oxygen atoms in total. The molecule has 0 bridgehead atoms. The minimum atomic E-state index is 0.360. The zero-order valence-corrected chi connectivity index (χ0v) is 18.7. The average molecular weight is 443 g/mol. The zero-order valence-electron chi connectivity index (χ0n) is 17.2. The van der Waals surface area contributed by atoms with E-state index in [9.17, 15) is 0 Å². The summed E-state index contributed by atoms with van der Waals surface area (Å²) in [5.74, 6) is 1.31. The minimum Gasteiger partial charge on any atom is -0.490 e. The largest absolute Gasteiger partial charge is 0.490 e. The molecule has 0 atom stereocenters. The number of nitrogens with one attached hydrogen (secondary N) is 1. The van der Waals surface area contributed by atoms with E-state index in [1.54, 1.807) is 18.3 Å². The summed E-state index contributed by atoms with van der Waals surface area (Å²) in [4.78, 5) is 0. The first kappa shape index (κ1) is 22.0. The monoisotopic (exact) mass is 442 g/mol. The minimum absolute atomic E-state index is 0.360. The van der Waals surface area contributed by atoms with Crippen LogP contribution in [0.25, 0.3) is 0 Å². The van der Waals surface area contributed by atoms with Gasteiger partial charge in [-0.3, -0.25) is 5.43 Å². The lowest BCUT2D eigenvalue weighted by molar-refractivity contribution is 0.269. The third kappa shape index (κ3) is 5.91. The highest BCUT2D eigenvalue weighted by Gasteiger charge is 2.07. The number of nitrogens with zero attached hydrogens (tertiary/aromatic N) is 1. The van der Waals surface area contributed by atoms with Gasteiger partial charge in [0.1, 0.15) is 6.61 Å². The third-order valence-corrected chi connectivity index (χ3v) is 5.30. The van der Waals surface area contributed by atoms with E-state index >= 15 is 0 Å². The van der Waals surface area contributed by atoms with Crippen LogP contribution in [-0.4, -0.2) is 12.8 Å². The van der Waals surface area contributed by atoms with Crippen LogP contribution < -0.4 is 14.9 Å². The van der Waals surface area contributed by atoms with E-state index in [4.69, 9.17) is 32.7 Å². The molecular formula is C24H24Cl2N2O2. The van der Waals surface area contributed by atoms with Crippen molar-refractivity contribution in [1.29, 1.82) is 0 Å². The van der Waals surface area contributed by atoms with Gasteiger partial charge < -0.3 is 9.47 Å². The molecule has 0 aliphatic carbocycles. The molecule has 0 aromatic heterocycles. The molecule has 0 unspecified atom stereocenters. The molecule has 1 N–H and O–H groups in total. The molecular weight excluding hydrogens is 419 g/mol. The highest BCUT2D eigenvalue weighted by atomic mass is 35.5. The van der Waals surface area contributed by atoms with Gasteiger partial charge in [0.25, 0.3) is 0 Å². The van der Waals surface area contributed by atoms with Crippen molar-refractivity contribution < 1.29 is 9.47 Å². The molecule has 0 saturated carbocycles. The van der Waals surface area contributed by atoms with Gasteiger partial charge in [-0.05, 0) is 85.5 Å². The molecule has 6 heteroatoms. The van der Waals surface area contributed by atoms with E-state index in [0.29, 0.717) is 34.8 Å². The normalized spacial score (nSPS) is 11.0. The van der Waals surface area contributed by atoms with E-state index in [-0.39, 0.29) is 0 Å². The molecule has 0 spiro atoms. The van der Waals surface area contributed by atoms with Crippen LogP contribution >= 0.6 is 23.2 Å². The maximum atomic E-state index is 6.07. The van der Waals surface area contributed by atoms with Crippen molar-refractivity contribution in [2.45, 2.75) is 27.4 Å². The quantitative estimate of drug-likeness (QED) is 0.300. The van der Waals surface area contributed by atoms with E-state index in [1.807, 2.05) is 37.3 Å². The summed E-state index contributed by atoms with van der Waals surface area (Å²) >= 11 is 12.0. The Labute approximate surface area is 187 Å². The Morgan fingerprint density at radius 1 is 0.867 bits per heavy atom. The Hall–Kier alpha value is -2.69. The van der Waals surface area contributed by atoms with Crippen LogP contribution in [0.3, 0.4) is 0 Å². The lowest BCUT2D eigenvalue weighted by Crippen LogP contribution is -2.01. The second-order valence-electron chi connectivity index (χ2n) is 6.85. The fraction of sp³-hybridized carbons (Fsp3) is 0.208. The smallest absolute Gasteiger partial charge is 0.161 e. The van der Waals surface area contributed by atoms with Crippen molar-refractivity contribution in [2.24, 2.45) is 5.10 Å².